The largest absolute Gasteiger partial charge is 0.457 e. The lowest BCUT2D eigenvalue weighted by Gasteiger charge is -2.01. The lowest BCUT2D eigenvalue weighted by molar-refractivity contribution is 0.571. The predicted molar refractivity (Wildman–Crippen MR) is 94.0 cm³/mol. The first kappa shape index (κ1) is 16.3. The summed E-state index contributed by atoms with van der Waals surface area (Å²) in [7, 11) is 0. The Labute approximate surface area is 148 Å². The first-order chi connectivity index (χ1) is 11.6. The Morgan fingerprint density at radius 1 is 1.00 bits per heavy atom. The van der Waals surface area contributed by atoms with E-state index in [9.17, 15) is 9.65 Å². The molecule has 1 heterocycles. The van der Waals surface area contributed by atoms with E-state index in [1.165, 1.54) is 12.1 Å². The summed E-state index contributed by atoms with van der Waals surface area (Å²) in [6, 6.07) is 16.6. The zero-order valence-corrected chi connectivity index (χ0v) is 13.8. The number of allylic oxidation sites excluding steroid dienone is 1. The molecule has 1 aromatic heterocycles. The maximum Gasteiger partial charge on any atom is 0.134 e. The van der Waals surface area contributed by atoms with Gasteiger partial charge in [0.05, 0.1) is 21.7 Å². The second kappa shape index (κ2) is 6.92. The Bertz CT molecular complexity index is 952. The molecule has 0 aliphatic carbocycles. The molecule has 0 aliphatic rings. The standard InChI is InChI=1S/C19H10Cl2FNO/c20-17-7-3-13(10-18(17)21)14(11-23)9-16-6-8-19(24-16)12-1-4-15(22)5-2-12/h1-10H/b14-9-. The van der Waals surface area contributed by atoms with E-state index in [-0.39, 0.29) is 5.82 Å². The number of rotatable bonds is 3. The molecule has 0 saturated carbocycles. The number of furan rings is 1. The smallest absolute Gasteiger partial charge is 0.134 e. The Hall–Kier alpha value is -2.54. The summed E-state index contributed by atoms with van der Waals surface area (Å²) in [5, 5.41) is 10.2. The summed E-state index contributed by atoms with van der Waals surface area (Å²) in [6.07, 6.45) is 1.62. The highest BCUT2D eigenvalue weighted by Gasteiger charge is 2.08. The summed E-state index contributed by atoms with van der Waals surface area (Å²) in [4.78, 5) is 0. The summed E-state index contributed by atoms with van der Waals surface area (Å²) >= 11 is 11.9. The second-order valence-electron chi connectivity index (χ2n) is 5.01. The fourth-order valence-corrected chi connectivity index (χ4v) is 2.48. The molecule has 5 heteroatoms. The van der Waals surface area contributed by atoms with Gasteiger partial charge >= 0.3 is 0 Å². The van der Waals surface area contributed by atoms with E-state index >= 15 is 0 Å². The van der Waals surface area contributed by atoms with Gasteiger partial charge in [0, 0.05) is 5.56 Å². The van der Waals surface area contributed by atoms with Crippen LogP contribution in [0, 0.1) is 17.1 Å². The first-order valence-electron chi connectivity index (χ1n) is 7.00. The van der Waals surface area contributed by atoms with Crippen LogP contribution < -0.4 is 0 Å². The Morgan fingerprint density at radius 2 is 1.75 bits per heavy atom. The molecular weight excluding hydrogens is 348 g/mol. The topological polar surface area (TPSA) is 36.9 Å². The average Bonchev–Trinajstić information content (AvgIpc) is 3.04. The normalized spacial score (nSPS) is 11.3. The van der Waals surface area contributed by atoms with Crippen molar-refractivity contribution >= 4 is 34.9 Å². The quantitative estimate of drug-likeness (QED) is 0.504. The lowest BCUT2D eigenvalue weighted by atomic mass is 10.1. The van der Waals surface area contributed by atoms with Gasteiger partial charge in [-0.05, 0) is 60.2 Å². The van der Waals surface area contributed by atoms with Gasteiger partial charge in [-0.3, -0.25) is 0 Å². The number of hydrogen-bond donors (Lipinski definition) is 0. The van der Waals surface area contributed by atoms with Crippen LogP contribution in [0.2, 0.25) is 10.0 Å². The maximum atomic E-state index is 13.0. The van der Waals surface area contributed by atoms with Crippen molar-refractivity contribution in [1.29, 1.82) is 5.26 Å². The highest BCUT2D eigenvalue weighted by Crippen LogP contribution is 2.28. The first-order valence-corrected chi connectivity index (χ1v) is 7.75. The lowest BCUT2D eigenvalue weighted by Crippen LogP contribution is -1.82. The second-order valence-corrected chi connectivity index (χ2v) is 5.82. The number of nitriles is 1. The summed E-state index contributed by atoms with van der Waals surface area (Å²) in [6.45, 7) is 0. The zero-order chi connectivity index (χ0) is 17.1. The van der Waals surface area contributed by atoms with Crippen molar-refractivity contribution in [2.75, 3.05) is 0 Å². The molecule has 0 spiro atoms. The van der Waals surface area contributed by atoms with E-state index in [4.69, 9.17) is 27.6 Å². The number of hydrogen-bond acceptors (Lipinski definition) is 2. The van der Waals surface area contributed by atoms with Crippen molar-refractivity contribution in [2.45, 2.75) is 0 Å². The fourth-order valence-electron chi connectivity index (χ4n) is 2.19. The molecule has 0 N–H and O–H groups in total. The maximum absolute atomic E-state index is 13.0. The summed E-state index contributed by atoms with van der Waals surface area (Å²) in [5.74, 6) is 0.793. The van der Waals surface area contributed by atoms with Gasteiger partial charge in [0.1, 0.15) is 17.3 Å². The van der Waals surface area contributed by atoms with Crippen LogP contribution in [0.5, 0.6) is 0 Å². The molecule has 0 atom stereocenters. The molecule has 2 aromatic carbocycles. The SMILES string of the molecule is N#C/C(=C/c1ccc(-c2ccc(F)cc2)o1)c1ccc(Cl)c(Cl)c1. The highest BCUT2D eigenvalue weighted by atomic mass is 35.5. The molecule has 118 valence electrons. The van der Waals surface area contributed by atoms with Crippen molar-refractivity contribution in [3.05, 3.63) is 81.8 Å². The third kappa shape index (κ3) is 3.51. The van der Waals surface area contributed by atoms with Crippen LogP contribution in [0.4, 0.5) is 4.39 Å². The summed E-state index contributed by atoms with van der Waals surface area (Å²) in [5.41, 5.74) is 1.80. The van der Waals surface area contributed by atoms with Gasteiger partial charge in [0.25, 0.3) is 0 Å². The molecule has 3 aromatic rings. The van der Waals surface area contributed by atoms with Gasteiger partial charge in [0.15, 0.2) is 0 Å². The van der Waals surface area contributed by atoms with Gasteiger partial charge in [-0.1, -0.05) is 29.3 Å². The molecule has 0 radical (unpaired) electrons. The highest BCUT2D eigenvalue weighted by molar-refractivity contribution is 6.42. The Balaban J connectivity index is 1.93. The van der Waals surface area contributed by atoms with Gasteiger partial charge in [0.2, 0.25) is 0 Å². The molecular formula is C19H10Cl2FNO. The van der Waals surface area contributed by atoms with Crippen molar-refractivity contribution in [1.82, 2.24) is 0 Å². The number of halogens is 3. The number of benzene rings is 2. The van der Waals surface area contributed by atoms with Crippen LogP contribution in [0.3, 0.4) is 0 Å². The van der Waals surface area contributed by atoms with Crippen LogP contribution in [0.15, 0.2) is 59.0 Å². The van der Waals surface area contributed by atoms with E-state index in [0.29, 0.717) is 32.7 Å². The molecule has 0 fully saturated rings. The third-order valence-corrected chi connectivity index (χ3v) is 4.13. The third-order valence-electron chi connectivity index (χ3n) is 3.39. The van der Waals surface area contributed by atoms with Crippen molar-refractivity contribution < 1.29 is 8.81 Å². The molecule has 2 nitrogen and oxygen atoms in total. The average molecular weight is 358 g/mol. The van der Waals surface area contributed by atoms with Crippen LogP contribution in [-0.4, -0.2) is 0 Å². The fraction of sp³-hybridized carbons (Fsp3) is 0. The molecule has 3 rings (SSSR count). The van der Waals surface area contributed by atoms with Gasteiger partial charge in [-0.2, -0.15) is 5.26 Å². The minimum absolute atomic E-state index is 0.309. The molecule has 24 heavy (non-hydrogen) atoms. The van der Waals surface area contributed by atoms with Crippen molar-refractivity contribution in [3.8, 4) is 17.4 Å². The minimum Gasteiger partial charge on any atom is -0.457 e. The molecule has 0 aliphatic heterocycles. The van der Waals surface area contributed by atoms with Crippen molar-refractivity contribution in [3.63, 3.8) is 0 Å². The number of nitrogens with zero attached hydrogens (tertiary/aromatic N) is 1. The van der Waals surface area contributed by atoms with E-state index in [0.717, 1.165) is 5.56 Å². The van der Waals surface area contributed by atoms with Crippen LogP contribution in [0.1, 0.15) is 11.3 Å². The monoisotopic (exact) mass is 357 g/mol. The van der Waals surface area contributed by atoms with Gasteiger partial charge < -0.3 is 4.42 Å². The minimum atomic E-state index is -0.309. The van der Waals surface area contributed by atoms with E-state index in [2.05, 4.69) is 6.07 Å². The Kier molecular flexibility index (Phi) is 4.71. The van der Waals surface area contributed by atoms with Crippen LogP contribution in [0.25, 0.3) is 23.0 Å². The molecule has 0 amide bonds. The molecule has 0 unspecified atom stereocenters. The van der Waals surface area contributed by atoms with Crippen LogP contribution in [-0.2, 0) is 0 Å². The molecule has 0 bridgehead atoms. The summed E-state index contributed by atoms with van der Waals surface area (Å²) < 4.78 is 18.7. The van der Waals surface area contributed by atoms with E-state index in [1.54, 1.807) is 48.5 Å². The van der Waals surface area contributed by atoms with Crippen LogP contribution >= 0.6 is 23.2 Å². The van der Waals surface area contributed by atoms with E-state index < -0.39 is 0 Å². The zero-order valence-electron chi connectivity index (χ0n) is 12.3. The Morgan fingerprint density at radius 3 is 2.42 bits per heavy atom. The molecule has 0 saturated heterocycles. The van der Waals surface area contributed by atoms with Gasteiger partial charge in [-0.15, -0.1) is 0 Å². The predicted octanol–water partition coefficient (Wildman–Crippen LogP) is 6.46. The van der Waals surface area contributed by atoms with Crippen molar-refractivity contribution in [2.24, 2.45) is 0 Å². The van der Waals surface area contributed by atoms with Gasteiger partial charge in [-0.25, -0.2) is 4.39 Å². The van der Waals surface area contributed by atoms with E-state index in [1.807, 2.05) is 0 Å².